The molecule has 5 heteroatoms. The summed E-state index contributed by atoms with van der Waals surface area (Å²) in [6.45, 7) is 2.02. The van der Waals surface area contributed by atoms with E-state index in [-0.39, 0.29) is 0 Å². The van der Waals surface area contributed by atoms with Gasteiger partial charge in [0.15, 0.2) is 0 Å². The Kier molecular flexibility index (Phi) is 2.96. The lowest BCUT2D eigenvalue weighted by Crippen LogP contribution is -2.01. The number of rotatable bonds is 1. The first kappa shape index (κ1) is 12.7. The van der Waals surface area contributed by atoms with E-state index < -0.39 is 0 Å². The number of halogens is 1. The molecular weight excluding hydrogens is 316 g/mol. The van der Waals surface area contributed by atoms with Crippen molar-refractivity contribution in [2.24, 2.45) is 0 Å². The summed E-state index contributed by atoms with van der Waals surface area (Å²) in [4.78, 5) is 4.33. The smallest absolute Gasteiger partial charge is 0.206 e. The first-order chi connectivity index (χ1) is 9.61. The molecule has 1 aromatic heterocycles. The third-order valence-electron chi connectivity index (χ3n) is 3.17. The molecule has 0 fully saturated rings. The zero-order valence-corrected chi connectivity index (χ0v) is 12.3. The number of nitrogen functional groups attached to an aromatic ring is 1. The van der Waals surface area contributed by atoms with Crippen molar-refractivity contribution in [1.29, 1.82) is 5.26 Å². The number of fused-ring (bicyclic) bond motifs is 1. The lowest BCUT2D eigenvalue weighted by Gasteiger charge is -2.10. The summed E-state index contributed by atoms with van der Waals surface area (Å²) in [6.07, 6.45) is 0. The Labute approximate surface area is 124 Å². The molecule has 0 aliphatic rings. The highest BCUT2D eigenvalue weighted by Gasteiger charge is 2.14. The molecule has 0 bridgehead atoms. The van der Waals surface area contributed by atoms with Gasteiger partial charge in [0.05, 0.1) is 16.8 Å². The fourth-order valence-electron chi connectivity index (χ4n) is 2.25. The summed E-state index contributed by atoms with van der Waals surface area (Å²) in [5, 5.41) is 9.16. The summed E-state index contributed by atoms with van der Waals surface area (Å²) in [5.74, 6) is 0.369. The van der Waals surface area contributed by atoms with Gasteiger partial charge in [0, 0.05) is 4.47 Å². The number of anilines is 1. The van der Waals surface area contributed by atoms with Crippen LogP contribution >= 0.6 is 15.9 Å². The second kappa shape index (κ2) is 4.66. The van der Waals surface area contributed by atoms with E-state index in [4.69, 9.17) is 11.0 Å². The van der Waals surface area contributed by atoms with Gasteiger partial charge in [-0.15, -0.1) is 0 Å². The van der Waals surface area contributed by atoms with Crippen LogP contribution in [0.3, 0.4) is 0 Å². The van der Waals surface area contributed by atoms with Crippen LogP contribution in [0, 0.1) is 18.3 Å². The summed E-state index contributed by atoms with van der Waals surface area (Å²) >= 11 is 3.54. The Morgan fingerprint density at radius 2 is 2.10 bits per heavy atom. The number of nitrogens with two attached hydrogens (primary N) is 1. The van der Waals surface area contributed by atoms with Crippen LogP contribution in [0.2, 0.25) is 0 Å². The predicted molar refractivity (Wildman–Crippen MR) is 82.6 cm³/mol. The molecule has 4 nitrogen and oxygen atoms in total. The maximum absolute atomic E-state index is 9.16. The molecule has 3 rings (SSSR count). The van der Waals surface area contributed by atoms with Crippen LogP contribution in [0.5, 0.6) is 0 Å². The van der Waals surface area contributed by atoms with Crippen LogP contribution in [0.4, 0.5) is 5.95 Å². The van der Waals surface area contributed by atoms with E-state index in [9.17, 15) is 0 Å². The van der Waals surface area contributed by atoms with Crippen molar-refractivity contribution in [3.05, 3.63) is 52.0 Å². The first-order valence-electron chi connectivity index (χ1n) is 6.05. The molecule has 2 N–H and O–H groups in total. The molecule has 0 aliphatic carbocycles. The third-order valence-corrected chi connectivity index (χ3v) is 3.84. The second-order valence-electron chi connectivity index (χ2n) is 4.55. The topological polar surface area (TPSA) is 67.6 Å². The maximum Gasteiger partial charge on any atom is 0.206 e. The van der Waals surface area contributed by atoms with E-state index >= 15 is 0 Å². The van der Waals surface area contributed by atoms with Gasteiger partial charge in [-0.25, -0.2) is 4.98 Å². The normalized spacial score (nSPS) is 10.7. The molecule has 0 unspecified atom stereocenters. The van der Waals surface area contributed by atoms with Gasteiger partial charge in [0.1, 0.15) is 11.6 Å². The van der Waals surface area contributed by atoms with Gasteiger partial charge in [-0.1, -0.05) is 12.1 Å². The standard InChI is InChI=1S/C15H11BrN4/c1-9-5-6-11(16)13(7-9)20-12-4-2-3-10(8-17)14(12)19-15(20)18/h2-7H,1H3,(H2,18,19). The largest absolute Gasteiger partial charge is 0.369 e. The second-order valence-corrected chi connectivity index (χ2v) is 5.40. The molecule has 0 saturated carbocycles. The minimum atomic E-state index is 0.369. The van der Waals surface area contributed by atoms with E-state index in [1.54, 1.807) is 6.07 Å². The van der Waals surface area contributed by atoms with Gasteiger partial charge in [-0.05, 0) is 52.7 Å². The lowest BCUT2D eigenvalue weighted by atomic mass is 10.2. The van der Waals surface area contributed by atoms with E-state index in [0.717, 1.165) is 21.2 Å². The van der Waals surface area contributed by atoms with Crippen molar-refractivity contribution in [1.82, 2.24) is 9.55 Å². The van der Waals surface area contributed by atoms with Gasteiger partial charge in [-0.2, -0.15) is 5.26 Å². The first-order valence-corrected chi connectivity index (χ1v) is 6.84. The number of nitrogens with zero attached hydrogens (tertiary/aromatic N) is 3. The minimum absolute atomic E-state index is 0.369. The average Bonchev–Trinajstić information content (AvgIpc) is 2.77. The highest BCUT2D eigenvalue weighted by atomic mass is 79.9. The number of aryl methyl sites for hydroxylation is 1. The highest BCUT2D eigenvalue weighted by molar-refractivity contribution is 9.10. The summed E-state index contributed by atoms with van der Waals surface area (Å²) < 4.78 is 2.78. The molecule has 98 valence electrons. The van der Waals surface area contributed by atoms with Gasteiger partial charge in [0.25, 0.3) is 0 Å². The molecule has 0 aliphatic heterocycles. The van der Waals surface area contributed by atoms with Gasteiger partial charge < -0.3 is 5.73 Å². The lowest BCUT2D eigenvalue weighted by molar-refractivity contribution is 1.10. The average molecular weight is 327 g/mol. The van der Waals surface area contributed by atoms with E-state index in [1.807, 2.05) is 41.8 Å². The molecule has 0 saturated heterocycles. The van der Waals surface area contributed by atoms with Crippen LogP contribution in [-0.2, 0) is 0 Å². The van der Waals surface area contributed by atoms with Crippen LogP contribution < -0.4 is 5.73 Å². The zero-order chi connectivity index (χ0) is 14.3. The number of benzene rings is 2. The number of hydrogen-bond acceptors (Lipinski definition) is 3. The molecular formula is C15H11BrN4. The monoisotopic (exact) mass is 326 g/mol. The van der Waals surface area contributed by atoms with Gasteiger partial charge in [0.2, 0.25) is 5.95 Å². The summed E-state index contributed by atoms with van der Waals surface area (Å²) in [6, 6.07) is 13.7. The van der Waals surface area contributed by atoms with Crippen molar-refractivity contribution >= 4 is 32.9 Å². The fourth-order valence-corrected chi connectivity index (χ4v) is 2.68. The molecule has 0 radical (unpaired) electrons. The van der Waals surface area contributed by atoms with Crippen molar-refractivity contribution < 1.29 is 0 Å². The Morgan fingerprint density at radius 3 is 2.85 bits per heavy atom. The van der Waals surface area contributed by atoms with Crippen molar-refractivity contribution in [2.75, 3.05) is 5.73 Å². The molecule has 20 heavy (non-hydrogen) atoms. The molecule has 0 atom stereocenters. The number of nitriles is 1. The Morgan fingerprint density at radius 1 is 1.30 bits per heavy atom. The van der Waals surface area contributed by atoms with Gasteiger partial charge >= 0.3 is 0 Å². The maximum atomic E-state index is 9.16. The third kappa shape index (κ3) is 1.86. The van der Waals surface area contributed by atoms with Crippen LogP contribution in [-0.4, -0.2) is 9.55 Å². The van der Waals surface area contributed by atoms with Crippen LogP contribution in [0.25, 0.3) is 16.7 Å². The number of aromatic nitrogens is 2. The predicted octanol–water partition coefficient (Wildman–Crippen LogP) is 3.55. The van der Waals surface area contributed by atoms with Crippen LogP contribution in [0.1, 0.15) is 11.1 Å². The van der Waals surface area contributed by atoms with E-state index in [2.05, 4.69) is 27.0 Å². The quantitative estimate of drug-likeness (QED) is 0.743. The van der Waals surface area contributed by atoms with E-state index in [0.29, 0.717) is 17.0 Å². The molecule has 0 spiro atoms. The Hall–Kier alpha value is -2.32. The fraction of sp³-hybridized carbons (Fsp3) is 0.0667. The molecule has 3 aromatic rings. The number of hydrogen-bond donors (Lipinski definition) is 1. The molecule has 0 amide bonds. The Balaban J connectivity index is 2.40. The Bertz CT molecular complexity index is 858. The van der Waals surface area contributed by atoms with Gasteiger partial charge in [-0.3, -0.25) is 4.57 Å². The van der Waals surface area contributed by atoms with Crippen LogP contribution in [0.15, 0.2) is 40.9 Å². The molecule has 2 aromatic carbocycles. The molecule has 1 heterocycles. The summed E-state index contributed by atoms with van der Waals surface area (Å²) in [7, 11) is 0. The highest BCUT2D eigenvalue weighted by Crippen LogP contribution is 2.30. The summed E-state index contributed by atoms with van der Waals surface area (Å²) in [5.41, 5.74) is 10.1. The number of imidazole rings is 1. The van der Waals surface area contributed by atoms with Crippen molar-refractivity contribution in [3.63, 3.8) is 0 Å². The zero-order valence-electron chi connectivity index (χ0n) is 10.8. The number of para-hydroxylation sites is 1. The SMILES string of the molecule is Cc1ccc(Br)c(-n2c(N)nc3c(C#N)cccc32)c1. The minimum Gasteiger partial charge on any atom is -0.369 e. The van der Waals surface area contributed by atoms with Crippen molar-refractivity contribution in [3.8, 4) is 11.8 Å². The van der Waals surface area contributed by atoms with E-state index in [1.165, 1.54) is 0 Å². The van der Waals surface area contributed by atoms with Crippen molar-refractivity contribution in [2.45, 2.75) is 6.92 Å².